The number of nitrogens with one attached hydrogen (secondary N) is 1. The van der Waals surface area contributed by atoms with Crippen molar-refractivity contribution < 1.29 is 22.3 Å². The maximum atomic E-state index is 13.3. The van der Waals surface area contributed by atoms with Gasteiger partial charge in [0.1, 0.15) is 16.5 Å². The van der Waals surface area contributed by atoms with Gasteiger partial charge in [-0.05, 0) is 49.2 Å². The molecule has 1 amide bonds. The Morgan fingerprint density at radius 2 is 1.85 bits per heavy atom. The van der Waals surface area contributed by atoms with Crippen molar-refractivity contribution >= 4 is 21.6 Å². The van der Waals surface area contributed by atoms with Crippen LogP contribution >= 0.6 is 0 Å². The molecule has 1 aliphatic heterocycles. The number of anilines is 1. The highest BCUT2D eigenvalue weighted by Crippen LogP contribution is 2.31. The topological polar surface area (TPSA) is 75.7 Å². The van der Waals surface area contributed by atoms with Crippen LogP contribution in [0.5, 0.6) is 5.75 Å². The summed E-state index contributed by atoms with van der Waals surface area (Å²) in [5, 5.41) is 2.61. The first-order valence-corrected chi connectivity index (χ1v) is 10.1. The van der Waals surface area contributed by atoms with Crippen molar-refractivity contribution in [3.63, 3.8) is 0 Å². The van der Waals surface area contributed by atoms with Crippen molar-refractivity contribution in [1.29, 1.82) is 0 Å². The fourth-order valence-electron chi connectivity index (χ4n) is 3.03. The molecule has 1 N–H and O–H groups in total. The van der Waals surface area contributed by atoms with Crippen LogP contribution in [0.25, 0.3) is 0 Å². The lowest BCUT2D eigenvalue weighted by atomic mass is 10.2. The van der Waals surface area contributed by atoms with E-state index in [1.807, 2.05) is 0 Å². The van der Waals surface area contributed by atoms with Crippen molar-refractivity contribution in [2.24, 2.45) is 0 Å². The molecule has 0 saturated carbocycles. The van der Waals surface area contributed by atoms with Gasteiger partial charge in [-0.15, -0.1) is 0 Å². The normalized spacial score (nSPS) is 15.3. The molecule has 1 heterocycles. The van der Waals surface area contributed by atoms with E-state index in [9.17, 15) is 17.6 Å². The standard InChI is InChI=1S/C19H21FN2O4S/c1-26-17-9-8-16(21-19(23)14-6-5-7-15(20)12-14)13-18(17)27(24,25)22-10-3-2-4-11-22/h5-9,12-13H,2-4,10-11H2,1H3,(H,21,23). The number of carbonyl (C=O) groups excluding carboxylic acids is 1. The maximum absolute atomic E-state index is 13.3. The van der Waals surface area contributed by atoms with Crippen molar-refractivity contribution in [1.82, 2.24) is 4.31 Å². The first-order valence-electron chi connectivity index (χ1n) is 8.67. The number of rotatable bonds is 5. The quantitative estimate of drug-likeness (QED) is 0.847. The second-order valence-electron chi connectivity index (χ2n) is 6.29. The van der Waals surface area contributed by atoms with Gasteiger partial charge >= 0.3 is 0 Å². The molecule has 1 aliphatic rings. The minimum Gasteiger partial charge on any atom is -0.495 e. The summed E-state index contributed by atoms with van der Waals surface area (Å²) in [6.45, 7) is 0.927. The number of nitrogens with zero attached hydrogens (tertiary/aromatic N) is 1. The Kier molecular flexibility index (Phi) is 5.76. The molecular weight excluding hydrogens is 371 g/mol. The van der Waals surface area contributed by atoms with Crippen LogP contribution in [0.4, 0.5) is 10.1 Å². The Labute approximate surface area is 158 Å². The van der Waals surface area contributed by atoms with Gasteiger partial charge in [-0.3, -0.25) is 4.79 Å². The number of piperidine rings is 1. The summed E-state index contributed by atoms with van der Waals surface area (Å²) < 4.78 is 46.0. The summed E-state index contributed by atoms with van der Waals surface area (Å²) in [4.78, 5) is 12.3. The van der Waals surface area contributed by atoms with Gasteiger partial charge in [0, 0.05) is 24.3 Å². The van der Waals surface area contributed by atoms with Crippen molar-refractivity contribution in [3.05, 3.63) is 53.8 Å². The molecule has 2 aromatic carbocycles. The Balaban J connectivity index is 1.90. The summed E-state index contributed by atoms with van der Waals surface area (Å²) in [7, 11) is -2.34. The Morgan fingerprint density at radius 1 is 1.11 bits per heavy atom. The van der Waals surface area contributed by atoms with Gasteiger partial charge in [0.2, 0.25) is 10.0 Å². The van der Waals surface area contributed by atoms with Crippen LogP contribution in [0.15, 0.2) is 47.4 Å². The Morgan fingerprint density at radius 3 is 2.52 bits per heavy atom. The van der Waals surface area contributed by atoms with E-state index in [0.29, 0.717) is 18.8 Å². The Bertz CT molecular complexity index is 940. The lowest BCUT2D eigenvalue weighted by Crippen LogP contribution is -2.35. The molecule has 27 heavy (non-hydrogen) atoms. The third kappa shape index (κ3) is 4.28. The molecule has 144 valence electrons. The van der Waals surface area contributed by atoms with E-state index < -0.39 is 21.7 Å². The van der Waals surface area contributed by atoms with Crippen LogP contribution in [-0.4, -0.2) is 38.8 Å². The molecule has 3 rings (SSSR count). The summed E-state index contributed by atoms with van der Waals surface area (Å²) >= 11 is 0. The van der Waals surface area contributed by atoms with E-state index in [2.05, 4.69) is 5.32 Å². The fraction of sp³-hybridized carbons (Fsp3) is 0.316. The highest BCUT2D eigenvalue weighted by molar-refractivity contribution is 7.89. The molecule has 1 fully saturated rings. The van der Waals surface area contributed by atoms with Crippen molar-refractivity contribution in [3.8, 4) is 5.75 Å². The van der Waals surface area contributed by atoms with E-state index in [1.165, 1.54) is 41.7 Å². The molecule has 8 heteroatoms. The number of carbonyl (C=O) groups is 1. The molecule has 0 unspecified atom stereocenters. The zero-order valence-electron chi connectivity index (χ0n) is 14.9. The molecular formula is C19H21FN2O4S. The zero-order chi connectivity index (χ0) is 19.4. The largest absolute Gasteiger partial charge is 0.495 e. The summed E-state index contributed by atoms with van der Waals surface area (Å²) in [5.41, 5.74) is 0.437. The highest BCUT2D eigenvalue weighted by atomic mass is 32.2. The second kappa shape index (κ2) is 8.06. The van der Waals surface area contributed by atoms with Gasteiger partial charge in [0.05, 0.1) is 7.11 Å². The van der Waals surface area contributed by atoms with E-state index in [1.54, 1.807) is 6.07 Å². The highest BCUT2D eigenvalue weighted by Gasteiger charge is 2.29. The SMILES string of the molecule is COc1ccc(NC(=O)c2cccc(F)c2)cc1S(=O)(=O)N1CCCCC1. The molecule has 0 radical (unpaired) electrons. The summed E-state index contributed by atoms with van der Waals surface area (Å²) in [6.07, 6.45) is 2.64. The van der Waals surface area contributed by atoms with E-state index in [0.717, 1.165) is 25.3 Å². The van der Waals surface area contributed by atoms with Crippen LogP contribution in [0.1, 0.15) is 29.6 Å². The molecule has 0 spiro atoms. The molecule has 6 nitrogen and oxygen atoms in total. The number of sulfonamides is 1. The zero-order valence-corrected chi connectivity index (χ0v) is 15.8. The van der Waals surface area contributed by atoms with Crippen LogP contribution in [-0.2, 0) is 10.0 Å². The Hall–Kier alpha value is -2.45. The summed E-state index contributed by atoms with van der Waals surface area (Å²) in [6, 6.07) is 9.69. The molecule has 0 bridgehead atoms. The summed E-state index contributed by atoms with van der Waals surface area (Å²) in [5.74, 6) is -0.837. The first kappa shape index (κ1) is 19.3. The number of halogens is 1. The maximum Gasteiger partial charge on any atom is 0.255 e. The van der Waals surface area contributed by atoms with Gasteiger partial charge < -0.3 is 10.1 Å². The van der Waals surface area contributed by atoms with Gasteiger partial charge in [-0.25, -0.2) is 12.8 Å². The second-order valence-corrected chi connectivity index (χ2v) is 8.20. The first-order chi connectivity index (χ1) is 12.9. The van der Waals surface area contributed by atoms with Crippen LogP contribution in [0.3, 0.4) is 0 Å². The van der Waals surface area contributed by atoms with E-state index in [4.69, 9.17) is 4.74 Å². The number of hydrogen-bond donors (Lipinski definition) is 1. The third-order valence-corrected chi connectivity index (χ3v) is 6.36. The molecule has 0 atom stereocenters. The van der Waals surface area contributed by atoms with Crippen LogP contribution in [0, 0.1) is 5.82 Å². The van der Waals surface area contributed by atoms with Crippen LogP contribution in [0.2, 0.25) is 0 Å². The van der Waals surface area contributed by atoms with E-state index in [-0.39, 0.29) is 16.2 Å². The van der Waals surface area contributed by atoms with Gasteiger partial charge in [-0.1, -0.05) is 12.5 Å². The lowest BCUT2D eigenvalue weighted by Gasteiger charge is -2.26. The molecule has 1 saturated heterocycles. The smallest absolute Gasteiger partial charge is 0.255 e. The van der Waals surface area contributed by atoms with Crippen LogP contribution < -0.4 is 10.1 Å². The molecule has 2 aromatic rings. The van der Waals surface area contributed by atoms with Gasteiger partial charge in [-0.2, -0.15) is 4.31 Å². The number of methoxy groups -OCH3 is 1. The van der Waals surface area contributed by atoms with E-state index >= 15 is 0 Å². The predicted molar refractivity (Wildman–Crippen MR) is 100.0 cm³/mol. The van der Waals surface area contributed by atoms with Crippen molar-refractivity contribution in [2.75, 3.05) is 25.5 Å². The van der Waals surface area contributed by atoms with Gasteiger partial charge in [0.15, 0.2) is 0 Å². The monoisotopic (exact) mass is 392 g/mol. The number of benzene rings is 2. The fourth-order valence-corrected chi connectivity index (χ4v) is 4.73. The third-order valence-electron chi connectivity index (χ3n) is 4.44. The van der Waals surface area contributed by atoms with Crippen molar-refractivity contribution in [2.45, 2.75) is 24.2 Å². The minimum absolute atomic E-state index is 0.00365. The minimum atomic E-state index is -3.74. The predicted octanol–water partition coefficient (Wildman–Crippen LogP) is 3.26. The lowest BCUT2D eigenvalue weighted by molar-refractivity contribution is 0.102. The average molecular weight is 392 g/mol. The number of ether oxygens (including phenoxy) is 1. The molecule has 0 aliphatic carbocycles. The molecule has 0 aromatic heterocycles. The number of amides is 1. The van der Waals surface area contributed by atoms with Gasteiger partial charge in [0.25, 0.3) is 5.91 Å². The number of hydrogen-bond acceptors (Lipinski definition) is 4. The average Bonchev–Trinajstić information content (AvgIpc) is 2.68.